The largest absolute Gasteiger partial charge is 0.462 e. The van der Waals surface area contributed by atoms with Crippen molar-refractivity contribution in [3.63, 3.8) is 0 Å². The molecule has 0 heterocycles. The first-order valence-corrected chi connectivity index (χ1v) is 26.0. The van der Waals surface area contributed by atoms with Crippen molar-refractivity contribution in [1.29, 1.82) is 0 Å². The number of hydrogen-bond donors (Lipinski definition) is 0. The van der Waals surface area contributed by atoms with E-state index >= 15 is 0 Å². The van der Waals surface area contributed by atoms with Crippen LogP contribution in [0.1, 0.15) is 245 Å². The Morgan fingerprint density at radius 1 is 0.339 bits per heavy atom. The predicted octanol–water partition coefficient (Wildman–Crippen LogP) is 17.0. The van der Waals surface area contributed by atoms with E-state index < -0.39 is 6.10 Å². The van der Waals surface area contributed by atoms with Crippen molar-refractivity contribution in [2.75, 3.05) is 13.2 Å². The minimum absolute atomic E-state index is 0.0992. The maximum atomic E-state index is 12.8. The highest BCUT2D eigenvalue weighted by atomic mass is 16.6. The molecule has 0 N–H and O–H groups in total. The van der Waals surface area contributed by atoms with E-state index in [1.165, 1.54) is 109 Å². The Labute approximate surface area is 382 Å². The molecular formula is C56H96O6. The first kappa shape index (κ1) is 58.9. The molecule has 1 atom stereocenters. The van der Waals surface area contributed by atoms with Gasteiger partial charge in [-0.1, -0.05) is 203 Å². The fourth-order valence-electron chi connectivity index (χ4n) is 6.97. The van der Waals surface area contributed by atoms with Gasteiger partial charge in [-0.15, -0.1) is 0 Å². The molecule has 0 aliphatic rings. The Kier molecular flexibility index (Phi) is 47.9. The van der Waals surface area contributed by atoms with E-state index in [1.807, 2.05) is 0 Å². The molecule has 0 aliphatic heterocycles. The Morgan fingerprint density at radius 3 is 1.08 bits per heavy atom. The summed E-state index contributed by atoms with van der Waals surface area (Å²) in [5, 5.41) is 0. The molecule has 0 aromatic carbocycles. The molecule has 62 heavy (non-hydrogen) atoms. The van der Waals surface area contributed by atoms with Crippen LogP contribution in [0.5, 0.6) is 0 Å². The summed E-state index contributed by atoms with van der Waals surface area (Å²) in [7, 11) is 0. The van der Waals surface area contributed by atoms with E-state index in [1.54, 1.807) is 0 Å². The van der Waals surface area contributed by atoms with Crippen LogP contribution >= 0.6 is 0 Å². The fraction of sp³-hybridized carbons (Fsp3) is 0.732. The van der Waals surface area contributed by atoms with Gasteiger partial charge < -0.3 is 14.2 Å². The van der Waals surface area contributed by atoms with Gasteiger partial charge in [-0.3, -0.25) is 14.4 Å². The first-order valence-electron chi connectivity index (χ1n) is 26.0. The van der Waals surface area contributed by atoms with Gasteiger partial charge >= 0.3 is 17.9 Å². The zero-order valence-corrected chi connectivity index (χ0v) is 40.6. The summed E-state index contributed by atoms with van der Waals surface area (Å²) in [4.78, 5) is 37.9. The van der Waals surface area contributed by atoms with Crippen LogP contribution in [0.15, 0.2) is 72.9 Å². The fourth-order valence-corrected chi connectivity index (χ4v) is 6.97. The van der Waals surface area contributed by atoms with Gasteiger partial charge in [0.25, 0.3) is 0 Å². The van der Waals surface area contributed by atoms with E-state index in [4.69, 9.17) is 14.2 Å². The summed E-state index contributed by atoms with van der Waals surface area (Å²) >= 11 is 0. The molecular weight excluding hydrogens is 769 g/mol. The molecule has 0 fully saturated rings. The smallest absolute Gasteiger partial charge is 0.306 e. The van der Waals surface area contributed by atoms with Crippen LogP contribution in [0.4, 0.5) is 0 Å². The van der Waals surface area contributed by atoms with Gasteiger partial charge in [0.2, 0.25) is 0 Å². The van der Waals surface area contributed by atoms with E-state index in [0.29, 0.717) is 12.8 Å². The molecule has 0 saturated carbocycles. The zero-order valence-electron chi connectivity index (χ0n) is 40.6. The van der Waals surface area contributed by atoms with E-state index in [-0.39, 0.29) is 37.5 Å². The molecule has 0 saturated heterocycles. The lowest BCUT2D eigenvalue weighted by atomic mass is 10.1. The molecule has 6 heteroatoms. The van der Waals surface area contributed by atoms with Crippen molar-refractivity contribution < 1.29 is 28.6 Å². The van der Waals surface area contributed by atoms with Crippen molar-refractivity contribution in [2.45, 2.75) is 252 Å². The molecule has 0 aliphatic carbocycles. The molecule has 0 amide bonds. The highest BCUT2D eigenvalue weighted by Gasteiger charge is 2.19. The highest BCUT2D eigenvalue weighted by molar-refractivity contribution is 5.71. The van der Waals surface area contributed by atoms with Crippen LogP contribution < -0.4 is 0 Å². The predicted molar refractivity (Wildman–Crippen MR) is 265 cm³/mol. The second-order valence-corrected chi connectivity index (χ2v) is 17.1. The van der Waals surface area contributed by atoms with Crippen molar-refractivity contribution in [3.8, 4) is 0 Å². The number of carbonyl (C=O) groups excluding carboxylic acids is 3. The average molecular weight is 865 g/mol. The van der Waals surface area contributed by atoms with Gasteiger partial charge in [-0.05, 0) is 96.3 Å². The third kappa shape index (κ3) is 47.9. The quantitative estimate of drug-likeness (QED) is 0.0199. The topological polar surface area (TPSA) is 78.9 Å². The molecule has 0 bridgehead atoms. The van der Waals surface area contributed by atoms with E-state index in [2.05, 4.69) is 93.7 Å². The zero-order chi connectivity index (χ0) is 45.1. The number of rotatable bonds is 46. The molecule has 0 aromatic heterocycles. The monoisotopic (exact) mass is 865 g/mol. The lowest BCUT2D eigenvalue weighted by Gasteiger charge is -2.18. The maximum absolute atomic E-state index is 12.8. The van der Waals surface area contributed by atoms with Crippen molar-refractivity contribution in [1.82, 2.24) is 0 Å². The van der Waals surface area contributed by atoms with Crippen molar-refractivity contribution in [3.05, 3.63) is 72.9 Å². The number of hydrogen-bond acceptors (Lipinski definition) is 6. The van der Waals surface area contributed by atoms with Crippen LogP contribution in [0.25, 0.3) is 0 Å². The summed E-state index contributed by atoms with van der Waals surface area (Å²) in [6.07, 6.45) is 63.1. The summed E-state index contributed by atoms with van der Waals surface area (Å²) in [6.45, 7) is 6.50. The van der Waals surface area contributed by atoms with Gasteiger partial charge in [0.05, 0.1) is 0 Å². The Bertz CT molecular complexity index is 1180. The second kappa shape index (κ2) is 50.5. The molecule has 0 radical (unpaired) electrons. The molecule has 356 valence electrons. The van der Waals surface area contributed by atoms with Gasteiger partial charge in [-0.2, -0.15) is 0 Å². The summed E-state index contributed by atoms with van der Waals surface area (Å²) in [5.74, 6) is -0.961. The van der Waals surface area contributed by atoms with Crippen LogP contribution in [-0.2, 0) is 28.6 Å². The van der Waals surface area contributed by atoms with Crippen molar-refractivity contribution in [2.24, 2.45) is 0 Å². The van der Waals surface area contributed by atoms with Gasteiger partial charge in [0.15, 0.2) is 6.10 Å². The minimum atomic E-state index is -0.802. The molecule has 1 unspecified atom stereocenters. The Morgan fingerprint density at radius 2 is 0.645 bits per heavy atom. The SMILES string of the molecule is CCCC/C=C\C=C/CCCCCC(=O)OCC(COC(=O)CCCCCCCCC/C=C\C/C=C\CCCCC)OC(=O)CCCCC/C=C\C=C/CCCCCCCCC. The summed E-state index contributed by atoms with van der Waals surface area (Å²) in [6, 6.07) is 0. The number of ether oxygens (including phenoxy) is 3. The van der Waals surface area contributed by atoms with Gasteiger partial charge in [0.1, 0.15) is 13.2 Å². The number of unbranched alkanes of at least 4 members (excludes halogenated alkanes) is 25. The molecule has 0 rings (SSSR count). The summed E-state index contributed by atoms with van der Waals surface area (Å²) in [5.41, 5.74) is 0. The maximum Gasteiger partial charge on any atom is 0.306 e. The van der Waals surface area contributed by atoms with E-state index in [0.717, 1.165) is 96.3 Å². The Hall–Kier alpha value is -3.15. The van der Waals surface area contributed by atoms with Crippen molar-refractivity contribution >= 4 is 17.9 Å². The Balaban J connectivity index is 4.44. The summed E-state index contributed by atoms with van der Waals surface area (Å²) < 4.78 is 16.7. The lowest BCUT2D eigenvalue weighted by Crippen LogP contribution is -2.30. The third-order valence-corrected chi connectivity index (χ3v) is 11.0. The first-order chi connectivity index (χ1) is 30.5. The molecule has 0 aromatic rings. The minimum Gasteiger partial charge on any atom is -0.462 e. The van der Waals surface area contributed by atoms with E-state index in [9.17, 15) is 14.4 Å². The van der Waals surface area contributed by atoms with Crippen LogP contribution in [-0.4, -0.2) is 37.2 Å². The van der Waals surface area contributed by atoms with Gasteiger partial charge in [-0.25, -0.2) is 0 Å². The number of carbonyl (C=O) groups is 3. The van der Waals surface area contributed by atoms with Crippen LogP contribution in [0.2, 0.25) is 0 Å². The normalized spacial score (nSPS) is 12.6. The lowest BCUT2D eigenvalue weighted by molar-refractivity contribution is -0.167. The molecule has 0 spiro atoms. The van der Waals surface area contributed by atoms with Gasteiger partial charge in [0, 0.05) is 19.3 Å². The highest BCUT2D eigenvalue weighted by Crippen LogP contribution is 2.13. The second-order valence-electron chi connectivity index (χ2n) is 17.1. The standard InChI is InChI=1S/C56H96O6/c1-4-7-10-13-16-19-22-24-26-28-30-31-34-37-40-43-46-49-55(58)61-52-53(51-60-54(57)48-45-42-39-36-33-21-18-15-12-9-6-3)62-56(59)50-47-44-41-38-35-32-29-27-25-23-20-17-14-11-8-5-2/h15-16,18-19,21,24,26-27,29,32-33,35,53H,4-14,17,20,22-23,25,28,30-31,34,36-52H2,1-3H3/b18-15-,19-16-,26-24-,29-27-,33-21-,35-32-. The van der Waals surface area contributed by atoms with Crippen LogP contribution in [0, 0.1) is 0 Å². The average Bonchev–Trinajstić information content (AvgIpc) is 3.27. The molecule has 6 nitrogen and oxygen atoms in total. The third-order valence-electron chi connectivity index (χ3n) is 11.0. The van der Waals surface area contributed by atoms with Crippen LogP contribution in [0.3, 0.4) is 0 Å². The number of esters is 3. The number of allylic oxidation sites excluding steroid dienone is 12.